The van der Waals surface area contributed by atoms with Gasteiger partial charge in [-0.2, -0.15) is 0 Å². The molecule has 0 radical (unpaired) electrons. The molecule has 0 aromatic heterocycles. The first-order chi connectivity index (χ1) is 9.16. The Balaban J connectivity index is 0.00000200. The number of aliphatic hydroxyl groups excluding tert-OH is 1. The molecular formula is C13H19ClIN3O2. The summed E-state index contributed by atoms with van der Waals surface area (Å²) in [6, 6.07) is 7.06. The lowest BCUT2D eigenvalue weighted by atomic mass is 10.1. The second kappa shape index (κ2) is 8.66. The molecule has 7 heteroatoms. The van der Waals surface area contributed by atoms with Gasteiger partial charge in [0.25, 0.3) is 0 Å². The lowest BCUT2D eigenvalue weighted by Crippen LogP contribution is -2.45. The molecule has 0 bridgehead atoms. The van der Waals surface area contributed by atoms with E-state index in [0.29, 0.717) is 24.2 Å². The predicted molar refractivity (Wildman–Crippen MR) is 90.7 cm³/mol. The second-order valence-electron chi connectivity index (χ2n) is 4.37. The number of guanidine groups is 1. The topological polar surface area (TPSA) is 71.1 Å². The number of hydrogen-bond donors (Lipinski definition) is 2. The summed E-state index contributed by atoms with van der Waals surface area (Å²) in [7, 11) is 0. The third-order valence-corrected chi connectivity index (χ3v) is 3.27. The molecule has 1 unspecified atom stereocenters. The average Bonchev–Trinajstić information content (AvgIpc) is 2.46. The maximum absolute atomic E-state index is 10.0. The van der Waals surface area contributed by atoms with E-state index in [1.165, 1.54) is 0 Å². The van der Waals surface area contributed by atoms with Gasteiger partial charge in [-0.05, 0) is 17.7 Å². The van der Waals surface area contributed by atoms with Crippen LogP contribution in [0.5, 0.6) is 0 Å². The van der Waals surface area contributed by atoms with Crippen LogP contribution >= 0.6 is 35.6 Å². The SMILES string of the molecule is I.NC(=NCC(O)c1ccc(Cl)cc1)N1CCOCC1. The van der Waals surface area contributed by atoms with Gasteiger partial charge in [-0.15, -0.1) is 24.0 Å². The van der Waals surface area contributed by atoms with Gasteiger partial charge in [0.2, 0.25) is 0 Å². The summed E-state index contributed by atoms with van der Waals surface area (Å²) in [5.74, 6) is 0.455. The number of halogens is 2. The van der Waals surface area contributed by atoms with Crippen LogP contribution in [0.2, 0.25) is 5.02 Å². The van der Waals surface area contributed by atoms with Crippen molar-refractivity contribution in [2.45, 2.75) is 6.10 Å². The molecule has 5 nitrogen and oxygen atoms in total. The van der Waals surface area contributed by atoms with Crippen molar-refractivity contribution in [1.82, 2.24) is 4.90 Å². The third-order valence-electron chi connectivity index (χ3n) is 3.02. The predicted octanol–water partition coefficient (Wildman–Crippen LogP) is 1.64. The van der Waals surface area contributed by atoms with Crippen molar-refractivity contribution in [3.63, 3.8) is 0 Å². The van der Waals surface area contributed by atoms with Crippen LogP contribution < -0.4 is 5.73 Å². The van der Waals surface area contributed by atoms with Gasteiger partial charge in [-0.25, -0.2) is 0 Å². The molecule has 0 aliphatic carbocycles. The minimum Gasteiger partial charge on any atom is -0.386 e. The van der Waals surface area contributed by atoms with Crippen LogP contribution in [0.1, 0.15) is 11.7 Å². The number of ether oxygens (including phenoxy) is 1. The Morgan fingerprint density at radius 1 is 1.35 bits per heavy atom. The van der Waals surface area contributed by atoms with E-state index < -0.39 is 6.10 Å². The zero-order valence-electron chi connectivity index (χ0n) is 11.0. The van der Waals surface area contributed by atoms with E-state index in [4.69, 9.17) is 22.1 Å². The zero-order valence-corrected chi connectivity index (χ0v) is 14.1. The van der Waals surface area contributed by atoms with Crippen LogP contribution in [-0.4, -0.2) is 48.8 Å². The first-order valence-corrected chi connectivity index (χ1v) is 6.61. The molecule has 0 amide bonds. The van der Waals surface area contributed by atoms with Crippen LogP contribution in [0.3, 0.4) is 0 Å². The van der Waals surface area contributed by atoms with Crippen molar-refractivity contribution in [3.05, 3.63) is 34.9 Å². The normalized spacial score (nSPS) is 17.5. The average molecular weight is 412 g/mol. The fraction of sp³-hybridized carbons (Fsp3) is 0.462. The van der Waals surface area contributed by atoms with Crippen LogP contribution in [0, 0.1) is 0 Å². The Kier molecular flexibility index (Phi) is 7.57. The summed E-state index contributed by atoms with van der Waals surface area (Å²) in [5.41, 5.74) is 6.67. The summed E-state index contributed by atoms with van der Waals surface area (Å²) >= 11 is 5.80. The lowest BCUT2D eigenvalue weighted by Gasteiger charge is -2.27. The number of nitrogens with zero attached hydrogens (tertiary/aromatic N) is 2. The Hall–Kier alpha value is -0.570. The van der Waals surface area contributed by atoms with Gasteiger partial charge in [0.15, 0.2) is 5.96 Å². The quantitative estimate of drug-likeness (QED) is 0.451. The summed E-state index contributed by atoms with van der Waals surface area (Å²) < 4.78 is 5.24. The maximum Gasteiger partial charge on any atom is 0.191 e. The summed E-state index contributed by atoms with van der Waals surface area (Å²) in [6.45, 7) is 3.05. The van der Waals surface area contributed by atoms with Gasteiger partial charge in [-0.3, -0.25) is 4.99 Å². The third kappa shape index (κ3) is 5.08. The zero-order chi connectivity index (χ0) is 13.7. The van der Waals surface area contributed by atoms with Gasteiger partial charge in [0, 0.05) is 18.1 Å². The molecule has 1 aliphatic rings. The first kappa shape index (κ1) is 17.5. The number of morpholine rings is 1. The van der Waals surface area contributed by atoms with Crippen LogP contribution in [-0.2, 0) is 4.74 Å². The Morgan fingerprint density at radius 3 is 2.55 bits per heavy atom. The highest BCUT2D eigenvalue weighted by Crippen LogP contribution is 2.16. The molecule has 0 spiro atoms. The first-order valence-electron chi connectivity index (χ1n) is 6.23. The van der Waals surface area contributed by atoms with E-state index in [0.717, 1.165) is 18.7 Å². The van der Waals surface area contributed by atoms with Gasteiger partial charge in [0.1, 0.15) is 0 Å². The Morgan fingerprint density at radius 2 is 1.95 bits per heavy atom. The Bertz CT molecular complexity index is 436. The van der Waals surface area contributed by atoms with Gasteiger partial charge in [-0.1, -0.05) is 23.7 Å². The molecule has 1 heterocycles. The molecule has 1 aromatic carbocycles. The standard InChI is InChI=1S/C13H18ClN3O2.HI/c14-11-3-1-10(2-4-11)12(18)9-16-13(15)17-5-7-19-8-6-17;/h1-4,12,18H,5-9H2,(H2,15,16);1H. The van der Waals surface area contributed by atoms with Crippen molar-refractivity contribution in [1.29, 1.82) is 0 Å². The highest BCUT2D eigenvalue weighted by molar-refractivity contribution is 14.0. The van der Waals surface area contributed by atoms with E-state index in [-0.39, 0.29) is 30.5 Å². The molecule has 1 aliphatic heterocycles. The number of rotatable bonds is 3. The number of nitrogens with two attached hydrogens (primary N) is 1. The van der Waals surface area contributed by atoms with E-state index in [1.54, 1.807) is 24.3 Å². The fourth-order valence-electron chi connectivity index (χ4n) is 1.86. The van der Waals surface area contributed by atoms with Gasteiger partial charge >= 0.3 is 0 Å². The lowest BCUT2D eigenvalue weighted by molar-refractivity contribution is 0.0672. The molecule has 0 saturated carbocycles. The van der Waals surface area contributed by atoms with Gasteiger partial charge < -0.3 is 20.5 Å². The molecule has 1 atom stereocenters. The van der Waals surface area contributed by atoms with Crippen molar-refractivity contribution in [2.24, 2.45) is 10.7 Å². The van der Waals surface area contributed by atoms with E-state index >= 15 is 0 Å². The number of hydrogen-bond acceptors (Lipinski definition) is 3. The van der Waals surface area contributed by atoms with E-state index in [1.807, 2.05) is 4.90 Å². The highest BCUT2D eigenvalue weighted by atomic mass is 127. The molecular weight excluding hydrogens is 393 g/mol. The molecule has 20 heavy (non-hydrogen) atoms. The van der Waals surface area contributed by atoms with E-state index in [9.17, 15) is 5.11 Å². The number of aliphatic hydroxyl groups is 1. The minimum absolute atomic E-state index is 0. The molecule has 3 N–H and O–H groups in total. The number of aliphatic imine (C=N–C) groups is 1. The summed E-state index contributed by atoms with van der Waals surface area (Å²) in [4.78, 5) is 6.18. The molecule has 2 rings (SSSR count). The smallest absolute Gasteiger partial charge is 0.191 e. The largest absolute Gasteiger partial charge is 0.386 e. The minimum atomic E-state index is -0.670. The maximum atomic E-state index is 10.0. The van der Waals surface area contributed by atoms with Crippen LogP contribution in [0.25, 0.3) is 0 Å². The summed E-state index contributed by atoms with van der Waals surface area (Å²) in [5, 5.41) is 10.7. The fourth-order valence-corrected chi connectivity index (χ4v) is 1.99. The van der Waals surface area contributed by atoms with Gasteiger partial charge in [0.05, 0.1) is 25.9 Å². The summed E-state index contributed by atoms with van der Waals surface area (Å²) in [6.07, 6.45) is -0.670. The Labute approximate surface area is 140 Å². The number of benzene rings is 1. The van der Waals surface area contributed by atoms with Crippen molar-refractivity contribution < 1.29 is 9.84 Å². The monoisotopic (exact) mass is 411 g/mol. The van der Waals surface area contributed by atoms with Crippen LogP contribution in [0.15, 0.2) is 29.3 Å². The molecule has 1 saturated heterocycles. The van der Waals surface area contributed by atoms with Crippen LogP contribution in [0.4, 0.5) is 0 Å². The molecule has 1 fully saturated rings. The second-order valence-corrected chi connectivity index (χ2v) is 4.80. The highest BCUT2D eigenvalue weighted by Gasteiger charge is 2.13. The molecule has 1 aromatic rings. The van der Waals surface area contributed by atoms with Crippen molar-refractivity contribution >= 4 is 41.5 Å². The molecule has 112 valence electrons. The van der Waals surface area contributed by atoms with Crippen molar-refractivity contribution in [3.8, 4) is 0 Å². The van der Waals surface area contributed by atoms with Crippen molar-refractivity contribution in [2.75, 3.05) is 32.8 Å². The van der Waals surface area contributed by atoms with E-state index in [2.05, 4.69) is 4.99 Å².